The first-order valence-electron chi connectivity index (χ1n) is 4.42. The zero-order valence-corrected chi connectivity index (χ0v) is 9.41. The predicted molar refractivity (Wildman–Crippen MR) is 60.1 cm³/mol. The Morgan fingerprint density at radius 2 is 1.93 bits per heavy atom. The molecule has 0 saturated carbocycles. The van der Waals surface area contributed by atoms with Gasteiger partial charge < -0.3 is 0 Å². The van der Waals surface area contributed by atoms with Gasteiger partial charge in [0.15, 0.2) is 0 Å². The van der Waals surface area contributed by atoms with Gasteiger partial charge in [0.25, 0.3) is 0 Å². The molecular formula is C11H8BrFN2. The summed E-state index contributed by atoms with van der Waals surface area (Å²) in [6.07, 6.45) is 3.24. The van der Waals surface area contributed by atoms with Crippen molar-refractivity contribution >= 4 is 15.9 Å². The smallest absolute Gasteiger partial charge is 0.123 e. The van der Waals surface area contributed by atoms with Crippen LogP contribution in [0.3, 0.4) is 0 Å². The van der Waals surface area contributed by atoms with Crippen molar-refractivity contribution in [2.24, 2.45) is 0 Å². The maximum Gasteiger partial charge on any atom is 0.123 e. The average molecular weight is 267 g/mol. The van der Waals surface area contributed by atoms with Gasteiger partial charge in [0.2, 0.25) is 0 Å². The zero-order chi connectivity index (χ0) is 10.7. The molecule has 0 bridgehead atoms. The van der Waals surface area contributed by atoms with Crippen LogP contribution in [0.5, 0.6) is 0 Å². The number of halogens is 2. The normalized spacial score (nSPS) is 10.3. The summed E-state index contributed by atoms with van der Waals surface area (Å²) in [6.45, 7) is 0. The molecule has 0 unspecified atom stereocenters. The van der Waals surface area contributed by atoms with E-state index in [4.69, 9.17) is 0 Å². The van der Waals surface area contributed by atoms with Crippen LogP contribution in [0.4, 0.5) is 4.39 Å². The van der Waals surface area contributed by atoms with E-state index in [0.29, 0.717) is 5.33 Å². The van der Waals surface area contributed by atoms with Crippen molar-refractivity contribution < 1.29 is 4.39 Å². The predicted octanol–water partition coefficient (Wildman–Crippen LogP) is 3.18. The van der Waals surface area contributed by atoms with Gasteiger partial charge >= 0.3 is 0 Å². The average Bonchev–Trinajstić information content (AvgIpc) is 2.30. The molecule has 0 radical (unpaired) electrons. The Morgan fingerprint density at radius 1 is 1.20 bits per heavy atom. The molecule has 0 amide bonds. The van der Waals surface area contributed by atoms with Crippen LogP contribution in [0.1, 0.15) is 5.69 Å². The van der Waals surface area contributed by atoms with E-state index >= 15 is 0 Å². The molecule has 76 valence electrons. The first-order chi connectivity index (χ1) is 7.31. The van der Waals surface area contributed by atoms with Crippen LogP contribution in [0, 0.1) is 5.82 Å². The van der Waals surface area contributed by atoms with Gasteiger partial charge in [-0.25, -0.2) is 14.4 Å². The molecule has 0 aliphatic rings. The molecule has 0 fully saturated rings. The number of alkyl halides is 1. The fourth-order valence-electron chi connectivity index (χ4n) is 1.33. The van der Waals surface area contributed by atoms with Crippen LogP contribution in [0.25, 0.3) is 11.1 Å². The second-order valence-corrected chi connectivity index (χ2v) is 3.58. The number of hydrogen-bond donors (Lipinski definition) is 0. The Morgan fingerprint density at radius 3 is 2.60 bits per heavy atom. The van der Waals surface area contributed by atoms with Crippen LogP contribution in [-0.4, -0.2) is 9.97 Å². The van der Waals surface area contributed by atoms with E-state index in [1.807, 2.05) is 0 Å². The van der Waals surface area contributed by atoms with Crippen molar-refractivity contribution in [1.82, 2.24) is 9.97 Å². The minimum atomic E-state index is -0.240. The van der Waals surface area contributed by atoms with Gasteiger partial charge in [-0.15, -0.1) is 0 Å². The van der Waals surface area contributed by atoms with Crippen molar-refractivity contribution in [2.75, 3.05) is 0 Å². The third kappa shape index (κ3) is 2.21. The van der Waals surface area contributed by atoms with Gasteiger partial charge in [-0.05, 0) is 17.7 Å². The van der Waals surface area contributed by atoms with E-state index in [-0.39, 0.29) is 5.82 Å². The van der Waals surface area contributed by atoms with Crippen molar-refractivity contribution in [3.8, 4) is 11.1 Å². The minimum absolute atomic E-state index is 0.240. The Labute approximate surface area is 95.3 Å². The molecule has 2 aromatic rings. The van der Waals surface area contributed by atoms with Crippen LogP contribution in [0.2, 0.25) is 0 Å². The summed E-state index contributed by atoms with van der Waals surface area (Å²) in [5.41, 5.74) is 2.75. The first kappa shape index (κ1) is 10.2. The molecule has 1 aromatic carbocycles. The summed E-state index contributed by atoms with van der Waals surface area (Å²) in [5.74, 6) is -0.240. The monoisotopic (exact) mass is 266 g/mol. The second kappa shape index (κ2) is 4.49. The van der Waals surface area contributed by atoms with Crippen LogP contribution < -0.4 is 0 Å². The van der Waals surface area contributed by atoms with E-state index < -0.39 is 0 Å². The van der Waals surface area contributed by atoms with Gasteiger partial charge in [0.05, 0.1) is 5.69 Å². The fraction of sp³-hybridized carbons (Fsp3) is 0.0909. The van der Waals surface area contributed by atoms with Crippen LogP contribution >= 0.6 is 15.9 Å². The van der Waals surface area contributed by atoms with E-state index in [0.717, 1.165) is 16.8 Å². The molecule has 15 heavy (non-hydrogen) atoms. The van der Waals surface area contributed by atoms with E-state index in [1.165, 1.54) is 18.5 Å². The number of hydrogen-bond acceptors (Lipinski definition) is 2. The lowest BCUT2D eigenvalue weighted by molar-refractivity contribution is 0.628. The van der Waals surface area contributed by atoms with Crippen molar-refractivity contribution in [1.29, 1.82) is 0 Å². The molecule has 0 N–H and O–H groups in total. The maximum absolute atomic E-state index is 12.7. The Hall–Kier alpha value is -1.29. The summed E-state index contributed by atoms with van der Waals surface area (Å²) in [6, 6.07) is 6.31. The highest BCUT2D eigenvalue weighted by molar-refractivity contribution is 9.08. The molecule has 0 aliphatic carbocycles. The molecule has 0 aliphatic heterocycles. The first-order valence-corrected chi connectivity index (χ1v) is 5.54. The molecule has 0 spiro atoms. The highest BCUT2D eigenvalue weighted by Crippen LogP contribution is 2.22. The lowest BCUT2D eigenvalue weighted by Crippen LogP contribution is -1.91. The lowest BCUT2D eigenvalue weighted by atomic mass is 10.1. The Bertz CT molecular complexity index is 456. The van der Waals surface area contributed by atoms with Crippen molar-refractivity contribution in [3.63, 3.8) is 0 Å². The molecule has 1 aromatic heterocycles. The van der Waals surface area contributed by atoms with Crippen LogP contribution in [0.15, 0.2) is 36.8 Å². The number of aromatic nitrogens is 2. The van der Waals surface area contributed by atoms with Crippen molar-refractivity contribution in [2.45, 2.75) is 5.33 Å². The third-order valence-corrected chi connectivity index (χ3v) is 2.61. The van der Waals surface area contributed by atoms with Gasteiger partial charge in [-0.3, -0.25) is 0 Å². The summed E-state index contributed by atoms with van der Waals surface area (Å²) in [4.78, 5) is 8.11. The molecular weight excluding hydrogens is 259 g/mol. The second-order valence-electron chi connectivity index (χ2n) is 3.02. The Kier molecular flexibility index (Phi) is 3.06. The zero-order valence-electron chi connectivity index (χ0n) is 7.82. The fourth-order valence-corrected chi connectivity index (χ4v) is 1.78. The van der Waals surface area contributed by atoms with Crippen molar-refractivity contribution in [3.05, 3.63) is 48.3 Å². The van der Waals surface area contributed by atoms with Gasteiger partial charge in [0.1, 0.15) is 12.1 Å². The van der Waals surface area contributed by atoms with Gasteiger partial charge in [-0.2, -0.15) is 0 Å². The molecule has 0 atom stereocenters. The number of benzene rings is 1. The summed E-state index contributed by atoms with van der Waals surface area (Å²) in [7, 11) is 0. The van der Waals surface area contributed by atoms with Gasteiger partial charge in [0, 0.05) is 17.1 Å². The van der Waals surface area contributed by atoms with Gasteiger partial charge in [-0.1, -0.05) is 28.1 Å². The van der Waals surface area contributed by atoms with E-state index in [2.05, 4.69) is 25.9 Å². The number of rotatable bonds is 2. The lowest BCUT2D eigenvalue weighted by Gasteiger charge is -2.04. The highest BCUT2D eigenvalue weighted by Gasteiger charge is 2.05. The SMILES string of the molecule is Fc1ccc(-c2cncnc2CBr)cc1. The standard InChI is InChI=1S/C11H8BrFN2/c12-5-11-10(6-14-7-15-11)8-1-3-9(13)4-2-8/h1-4,6-7H,5H2. The maximum atomic E-state index is 12.7. The molecule has 4 heteroatoms. The Balaban J connectivity index is 2.49. The summed E-state index contributed by atoms with van der Waals surface area (Å²) < 4.78 is 12.7. The molecule has 0 saturated heterocycles. The molecule has 2 nitrogen and oxygen atoms in total. The quantitative estimate of drug-likeness (QED) is 0.781. The number of nitrogens with zero attached hydrogens (tertiary/aromatic N) is 2. The largest absolute Gasteiger partial charge is 0.244 e. The summed E-state index contributed by atoms with van der Waals surface area (Å²) >= 11 is 3.36. The van der Waals surface area contributed by atoms with E-state index in [9.17, 15) is 4.39 Å². The molecule has 2 rings (SSSR count). The summed E-state index contributed by atoms with van der Waals surface area (Å²) in [5, 5.41) is 0.655. The van der Waals surface area contributed by atoms with E-state index in [1.54, 1.807) is 18.3 Å². The topological polar surface area (TPSA) is 25.8 Å². The minimum Gasteiger partial charge on any atom is -0.244 e. The van der Waals surface area contributed by atoms with Crippen LogP contribution in [-0.2, 0) is 5.33 Å². The highest BCUT2D eigenvalue weighted by atomic mass is 79.9. The molecule has 1 heterocycles. The third-order valence-electron chi connectivity index (χ3n) is 2.08.